The Balaban J connectivity index is 1.81. The summed E-state index contributed by atoms with van der Waals surface area (Å²) in [7, 11) is 0. The molecule has 0 spiro atoms. The lowest BCUT2D eigenvalue weighted by Gasteiger charge is -2.26. The predicted molar refractivity (Wildman–Crippen MR) is 62.2 cm³/mol. The van der Waals surface area contributed by atoms with Crippen molar-refractivity contribution in [1.29, 1.82) is 0 Å². The molecule has 0 aromatic carbocycles. The number of hydrogen-bond donors (Lipinski definition) is 1. The molecule has 1 aliphatic rings. The maximum atomic E-state index is 5.56. The molecule has 1 fully saturated rings. The molecule has 0 saturated carbocycles. The number of nitrogens with two attached hydrogens (primary N) is 1. The Hall–Kier alpha value is -0.910. The molecule has 2 N–H and O–H groups in total. The maximum absolute atomic E-state index is 5.56. The first-order chi connectivity index (χ1) is 7.90. The number of imidazole rings is 1. The Labute approximate surface area is 96.2 Å². The van der Waals surface area contributed by atoms with Gasteiger partial charge in [-0.25, -0.2) is 4.98 Å². The number of nitrogens with zero attached hydrogens (tertiary/aromatic N) is 3. The van der Waals surface area contributed by atoms with Gasteiger partial charge in [0.2, 0.25) is 0 Å². The van der Waals surface area contributed by atoms with Crippen LogP contribution in [-0.2, 0) is 17.7 Å². The van der Waals surface area contributed by atoms with Gasteiger partial charge in [-0.15, -0.1) is 0 Å². The van der Waals surface area contributed by atoms with Crippen LogP contribution >= 0.6 is 0 Å². The largest absolute Gasteiger partial charge is 0.379 e. The van der Waals surface area contributed by atoms with E-state index in [2.05, 4.69) is 14.5 Å². The Bertz CT molecular complexity index is 307. The van der Waals surface area contributed by atoms with E-state index in [1.165, 1.54) is 5.69 Å². The van der Waals surface area contributed by atoms with Crippen molar-refractivity contribution in [2.24, 2.45) is 5.73 Å². The summed E-state index contributed by atoms with van der Waals surface area (Å²) in [5.74, 6) is 0. The summed E-state index contributed by atoms with van der Waals surface area (Å²) in [5.41, 5.74) is 6.79. The molecule has 2 heterocycles. The molecular formula is C11H20N4O. The third-order valence-corrected chi connectivity index (χ3v) is 2.96. The van der Waals surface area contributed by atoms with Crippen LogP contribution in [-0.4, -0.2) is 53.8 Å². The lowest BCUT2D eigenvalue weighted by atomic mass is 10.3. The lowest BCUT2D eigenvalue weighted by molar-refractivity contribution is 0.0363. The first-order valence-corrected chi connectivity index (χ1v) is 5.89. The van der Waals surface area contributed by atoms with Crippen molar-refractivity contribution >= 4 is 0 Å². The van der Waals surface area contributed by atoms with Gasteiger partial charge in [0.25, 0.3) is 0 Å². The zero-order chi connectivity index (χ0) is 11.2. The van der Waals surface area contributed by atoms with Crippen LogP contribution in [0, 0.1) is 0 Å². The molecule has 5 nitrogen and oxygen atoms in total. The highest BCUT2D eigenvalue weighted by atomic mass is 16.5. The molecular weight excluding hydrogens is 204 g/mol. The van der Waals surface area contributed by atoms with Crippen LogP contribution in [0.15, 0.2) is 12.5 Å². The molecule has 0 amide bonds. The van der Waals surface area contributed by atoms with Gasteiger partial charge >= 0.3 is 0 Å². The molecule has 0 atom stereocenters. The Kier molecular flexibility index (Phi) is 4.33. The Morgan fingerprint density at radius 2 is 2.12 bits per heavy atom. The minimum absolute atomic E-state index is 0.684. The fraction of sp³-hybridized carbons (Fsp3) is 0.727. The van der Waals surface area contributed by atoms with E-state index >= 15 is 0 Å². The van der Waals surface area contributed by atoms with Crippen LogP contribution in [0.4, 0.5) is 0 Å². The summed E-state index contributed by atoms with van der Waals surface area (Å²) in [5, 5.41) is 0. The topological polar surface area (TPSA) is 56.3 Å². The second-order valence-corrected chi connectivity index (χ2v) is 4.07. The molecule has 1 aromatic rings. The standard InChI is InChI=1S/C11H20N4O/c12-2-1-11-9-13-10-15(11)4-3-14-5-7-16-8-6-14/h9-10H,1-8,12H2. The van der Waals surface area contributed by atoms with Gasteiger partial charge in [0.1, 0.15) is 0 Å². The molecule has 1 aromatic heterocycles. The van der Waals surface area contributed by atoms with E-state index in [-0.39, 0.29) is 0 Å². The van der Waals surface area contributed by atoms with Crippen LogP contribution < -0.4 is 5.73 Å². The molecule has 1 saturated heterocycles. The molecule has 1 aliphatic heterocycles. The molecule has 90 valence electrons. The highest BCUT2D eigenvalue weighted by molar-refractivity contribution is 4.98. The van der Waals surface area contributed by atoms with E-state index in [1.807, 2.05) is 12.5 Å². The van der Waals surface area contributed by atoms with E-state index in [0.29, 0.717) is 6.54 Å². The minimum Gasteiger partial charge on any atom is -0.379 e. The molecule has 0 aliphatic carbocycles. The SMILES string of the molecule is NCCc1cncn1CCN1CCOCC1. The average molecular weight is 224 g/mol. The fourth-order valence-electron chi connectivity index (χ4n) is 1.98. The van der Waals surface area contributed by atoms with Gasteiger partial charge in [0.15, 0.2) is 0 Å². The summed E-state index contributed by atoms with van der Waals surface area (Å²) in [6, 6.07) is 0. The summed E-state index contributed by atoms with van der Waals surface area (Å²) in [6.45, 7) is 6.55. The zero-order valence-corrected chi connectivity index (χ0v) is 9.64. The van der Waals surface area contributed by atoms with Crippen LogP contribution in [0.3, 0.4) is 0 Å². The van der Waals surface area contributed by atoms with Crippen LogP contribution in [0.1, 0.15) is 5.69 Å². The summed E-state index contributed by atoms with van der Waals surface area (Å²) < 4.78 is 7.52. The second-order valence-electron chi connectivity index (χ2n) is 4.07. The third kappa shape index (κ3) is 3.04. The van der Waals surface area contributed by atoms with Crippen molar-refractivity contribution < 1.29 is 4.74 Å². The molecule has 16 heavy (non-hydrogen) atoms. The van der Waals surface area contributed by atoms with Crippen molar-refractivity contribution in [3.63, 3.8) is 0 Å². The monoisotopic (exact) mass is 224 g/mol. The number of morpholine rings is 1. The van der Waals surface area contributed by atoms with Crippen molar-refractivity contribution in [2.45, 2.75) is 13.0 Å². The highest BCUT2D eigenvalue weighted by Crippen LogP contribution is 2.02. The Morgan fingerprint density at radius 1 is 1.31 bits per heavy atom. The van der Waals surface area contributed by atoms with Gasteiger partial charge in [-0.2, -0.15) is 0 Å². The van der Waals surface area contributed by atoms with Gasteiger partial charge in [-0.1, -0.05) is 0 Å². The van der Waals surface area contributed by atoms with E-state index in [4.69, 9.17) is 10.5 Å². The van der Waals surface area contributed by atoms with E-state index in [0.717, 1.165) is 45.8 Å². The highest BCUT2D eigenvalue weighted by Gasteiger charge is 2.10. The summed E-state index contributed by atoms with van der Waals surface area (Å²) in [4.78, 5) is 6.60. The smallest absolute Gasteiger partial charge is 0.0948 e. The van der Waals surface area contributed by atoms with Gasteiger partial charge in [-0.3, -0.25) is 4.90 Å². The zero-order valence-electron chi connectivity index (χ0n) is 9.64. The van der Waals surface area contributed by atoms with Crippen molar-refractivity contribution in [3.05, 3.63) is 18.2 Å². The second kappa shape index (κ2) is 5.98. The van der Waals surface area contributed by atoms with Crippen molar-refractivity contribution in [3.8, 4) is 0 Å². The van der Waals surface area contributed by atoms with E-state index in [1.54, 1.807) is 0 Å². The van der Waals surface area contributed by atoms with Gasteiger partial charge in [0, 0.05) is 44.5 Å². The van der Waals surface area contributed by atoms with Gasteiger partial charge < -0.3 is 15.0 Å². The normalized spacial score (nSPS) is 17.8. The molecule has 0 radical (unpaired) electrons. The fourth-order valence-corrected chi connectivity index (χ4v) is 1.98. The van der Waals surface area contributed by atoms with Crippen molar-refractivity contribution in [2.75, 3.05) is 39.4 Å². The summed E-state index contributed by atoms with van der Waals surface area (Å²) >= 11 is 0. The predicted octanol–water partition coefficient (Wildman–Crippen LogP) is -0.283. The minimum atomic E-state index is 0.684. The number of hydrogen-bond acceptors (Lipinski definition) is 4. The first-order valence-electron chi connectivity index (χ1n) is 5.89. The molecule has 5 heteroatoms. The van der Waals surface area contributed by atoms with Gasteiger partial charge in [0.05, 0.1) is 19.5 Å². The van der Waals surface area contributed by atoms with Crippen LogP contribution in [0.2, 0.25) is 0 Å². The van der Waals surface area contributed by atoms with E-state index < -0.39 is 0 Å². The summed E-state index contributed by atoms with van der Waals surface area (Å²) in [6.07, 6.45) is 4.71. The van der Waals surface area contributed by atoms with E-state index in [9.17, 15) is 0 Å². The van der Waals surface area contributed by atoms with Crippen molar-refractivity contribution in [1.82, 2.24) is 14.5 Å². The average Bonchev–Trinajstić information content (AvgIpc) is 2.76. The number of rotatable bonds is 5. The molecule has 2 rings (SSSR count). The molecule has 0 unspecified atom stereocenters. The third-order valence-electron chi connectivity index (χ3n) is 2.96. The number of ether oxygens (including phenoxy) is 1. The van der Waals surface area contributed by atoms with Gasteiger partial charge in [-0.05, 0) is 6.54 Å². The molecule has 0 bridgehead atoms. The maximum Gasteiger partial charge on any atom is 0.0948 e. The Morgan fingerprint density at radius 3 is 2.88 bits per heavy atom. The number of aromatic nitrogens is 2. The lowest BCUT2D eigenvalue weighted by Crippen LogP contribution is -2.38. The van der Waals surface area contributed by atoms with Crippen LogP contribution in [0.25, 0.3) is 0 Å². The van der Waals surface area contributed by atoms with Crippen LogP contribution in [0.5, 0.6) is 0 Å². The first kappa shape index (κ1) is 11.6. The quantitative estimate of drug-likeness (QED) is 0.747.